The van der Waals surface area contributed by atoms with Gasteiger partial charge in [-0.15, -0.1) is 0 Å². The lowest BCUT2D eigenvalue weighted by molar-refractivity contribution is -0.0966. The highest BCUT2D eigenvalue weighted by Crippen LogP contribution is 2.40. The number of nitrogens with two attached hydrogens (primary N) is 1. The van der Waals surface area contributed by atoms with Crippen molar-refractivity contribution in [1.29, 1.82) is 0 Å². The van der Waals surface area contributed by atoms with Crippen molar-refractivity contribution < 1.29 is 9.53 Å². The number of likely N-dealkylation sites (tertiary alicyclic amines) is 1. The summed E-state index contributed by atoms with van der Waals surface area (Å²) in [5.41, 5.74) is 11.5. The molecule has 5 rings (SSSR count). The fourth-order valence-electron chi connectivity index (χ4n) is 4.71. The second-order valence-corrected chi connectivity index (χ2v) is 8.44. The molecule has 1 spiro atoms. The standard InChI is InChI=1S/C25H26N4O2/c1-17-4-2-5-18(14-17)19-6-3-7-20(15-19)23(30)29-11-9-25(10-12-29)22-21(8-13-31-25)16-27-24(26)28-22/h2-7,14-16H,8-13H2,1H3,(H2,26,27,28). The molecule has 3 aromatic rings. The molecule has 1 saturated heterocycles. The van der Waals surface area contributed by atoms with Crippen LogP contribution in [-0.2, 0) is 16.8 Å². The maximum atomic E-state index is 13.3. The van der Waals surface area contributed by atoms with E-state index in [-0.39, 0.29) is 11.9 Å². The number of nitrogens with zero attached hydrogens (tertiary/aromatic N) is 3. The van der Waals surface area contributed by atoms with E-state index in [2.05, 4.69) is 35.1 Å². The van der Waals surface area contributed by atoms with E-state index in [1.165, 1.54) is 5.56 Å². The van der Waals surface area contributed by atoms with E-state index in [1.807, 2.05) is 41.4 Å². The minimum absolute atomic E-state index is 0.0580. The number of piperidine rings is 1. The van der Waals surface area contributed by atoms with E-state index < -0.39 is 5.60 Å². The topological polar surface area (TPSA) is 81.3 Å². The monoisotopic (exact) mass is 414 g/mol. The third-order valence-electron chi connectivity index (χ3n) is 6.38. The number of hydrogen-bond acceptors (Lipinski definition) is 5. The number of rotatable bonds is 2. The van der Waals surface area contributed by atoms with Crippen LogP contribution < -0.4 is 5.73 Å². The zero-order valence-corrected chi connectivity index (χ0v) is 17.7. The van der Waals surface area contributed by atoms with Crippen LogP contribution in [0.3, 0.4) is 0 Å². The lowest BCUT2D eigenvalue weighted by Crippen LogP contribution is -2.49. The van der Waals surface area contributed by atoms with Gasteiger partial charge in [0.05, 0.1) is 12.3 Å². The molecule has 2 aromatic carbocycles. The van der Waals surface area contributed by atoms with E-state index in [0.717, 1.165) is 28.8 Å². The first-order valence-corrected chi connectivity index (χ1v) is 10.8. The minimum Gasteiger partial charge on any atom is -0.368 e. The number of aromatic nitrogens is 2. The van der Waals surface area contributed by atoms with Gasteiger partial charge >= 0.3 is 0 Å². The number of benzene rings is 2. The lowest BCUT2D eigenvalue weighted by atomic mass is 9.83. The van der Waals surface area contributed by atoms with Gasteiger partial charge in [-0.2, -0.15) is 0 Å². The van der Waals surface area contributed by atoms with Crippen LogP contribution in [0.5, 0.6) is 0 Å². The van der Waals surface area contributed by atoms with Crippen LogP contribution in [0.25, 0.3) is 11.1 Å². The Bertz CT molecular complexity index is 1140. The van der Waals surface area contributed by atoms with Gasteiger partial charge in [-0.05, 0) is 55.0 Å². The molecule has 3 heterocycles. The van der Waals surface area contributed by atoms with E-state index in [4.69, 9.17) is 10.5 Å². The fourth-order valence-corrected chi connectivity index (χ4v) is 4.71. The number of amides is 1. The van der Waals surface area contributed by atoms with E-state index >= 15 is 0 Å². The number of carbonyl (C=O) groups is 1. The average Bonchev–Trinajstić information content (AvgIpc) is 2.80. The molecular weight excluding hydrogens is 388 g/mol. The maximum Gasteiger partial charge on any atom is 0.253 e. The fraction of sp³-hybridized carbons (Fsp3) is 0.320. The molecule has 2 aliphatic heterocycles. The van der Waals surface area contributed by atoms with Gasteiger partial charge in [0.1, 0.15) is 5.60 Å². The number of ether oxygens (including phenoxy) is 1. The summed E-state index contributed by atoms with van der Waals surface area (Å²) < 4.78 is 6.23. The van der Waals surface area contributed by atoms with Crippen molar-refractivity contribution in [3.63, 3.8) is 0 Å². The van der Waals surface area contributed by atoms with Crippen molar-refractivity contribution in [2.45, 2.75) is 31.8 Å². The predicted octanol–water partition coefficient (Wildman–Crippen LogP) is 3.74. The van der Waals surface area contributed by atoms with E-state index in [1.54, 1.807) is 0 Å². The Labute approximate surface area is 182 Å². The van der Waals surface area contributed by atoms with Crippen LogP contribution in [0.1, 0.15) is 40.0 Å². The molecule has 0 aliphatic carbocycles. The second kappa shape index (κ2) is 7.78. The molecule has 1 aromatic heterocycles. The van der Waals surface area contributed by atoms with Crippen LogP contribution in [-0.4, -0.2) is 40.5 Å². The number of nitrogen functional groups attached to an aromatic ring is 1. The first kappa shape index (κ1) is 19.7. The first-order chi connectivity index (χ1) is 15.0. The minimum atomic E-state index is -0.467. The Morgan fingerprint density at radius 1 is 1.10 bits per heavy atom. The van der Waals surface area contributed by atoms with Gasteiger partial charge in [-0.1, -0.05) is 42.0 Å². The summed E-state index contributed by atoms with van der Waals surface area (Å²) in [6.07, 6.45) is 4.03. The first-order valence-electron chi connectivity index (χ1n) is 10.8. The Morgan fingerprint density at radius 3 is 2.61 bits per heavy atom. The van der Waals surface area contributed by atoms with Gasteiger partial charge in [0, 0.05) is 24.8 Å². The summed E-state index contributed by atoms with van der Waals surface area (Å²) in [7, 11) is 0. The number of fused-ring (bicyclic) bond motifs is 2. The van der Waals surface area contributed by atoms with Crippen molar-refractivity contribution in [3.8, 4) is 11.1 Å². The summed E-state index contributed by atoms with van der Waals surface area (Å²) in [6.45, 7) is 3.96. The highest BCUT2D eigenvalue weighted by molar-refractivity contribution is 5.95. The van der Waals surface area contributed by atoms with Gasteiger partial charge < -0.3 is 15.4 Å². The molecular formula is C25H26N4O2. The third-order valence-corrected chi connectivity index (χ3v) is 6.38. The summed E-state index contributed by atoms with van der Waals surface area (Å²) in [4.78, 5) is 23.8. The van der Waals surface area contributed by atoms with Crippen LogP contribution in [0.2, 0.25) is 0 Å². The highest BCUT2D eigenvalue weighted by atomic mass is 16.5. The molecule has 1 amide bonds. The number of anilines is 1. The van der Waals surface area contributed by atoms with Gasteiger partial charge in [0.25, 0.3) is 5.91 Å². The number of hydrogen-bond donors (Lipinski definition) is 1. The van der Waals surface area contributed by atoms with Gasteiger partial charge in [0.15, 0.2) is 0 Å². The van der Waals surface area contributed by atoms with Crippen LogP contribution in [0.4, 0.5) is 5.95 Å². The quantitative estimate of drug-likeness (QED) is 0.691. The lowest BCUT2D eigenvalue weighted by Gasteiger charge is -2.44. The zero-order valence-electron chi connectivity index (χ0n) is 17.7. The van der Waals surface area contributed by atoms with Gasteiger partial charge in [0.2, 0.25) is 5.95 Å². The molecule has 6 heteroatoms. The molecule has 1 fully saturated rings. The second-order valence-electron chi connectivity index (χ2n) is 8.44. The SMILES string of the molecule is Cc1cccc(-c2cccc(C(=O)N3CCC4(CC3)OCCc3cnc(N)nc34)c2)c1. The summed E-state index contributed by atoms with van der Waals surface area (Å²) in [6, 6.07) is 16.2. The molecule has 2 N–H and O–H groups in total. The molecule has 31 heavy (non-hydrogen) atoms. The molecule has 6 nitrogen and oxygen atoms in total. The molecule has 0 radical (unpaired) electrons. The van der Waals surface area contributed by atoms with Crippen LogP contribution in [0.15, 0.2) is 54.7 Å². The maximum absolute atomic E-state index is 13.3. The summed E-state index contributed by atoms with van der Waals surface area (Å²) in [5, 5.41) is 0. The Kier molecular flexibility index (Phi) is 4.94. The molecule has 0 atom stereocenters. The molecule has 2 aliphatic rings. The number of aryl methyl sites for hydroxylation is 1. The van der Waals surface area contributed by atoms with Crippen LogP contribution in [0, 0.1) is 6.92 Å². The Morgan fingerprint density at radius 2 is 1.84 bits per heavy atom. The van der Waals surface area contributed by atoms with E-state index in [0.29, 0.717) is 38.1 Å². The van der Waals surface area contributed by atoms with Crippen LogP contribution >= 0.6 is 0 Å². The largest absolute Gasteiger partial charge is 0.368 e. The normalized spacial score (nSPS) is 17.4. The van der Waals surface area contributed by atoms with E-state index in [9.17, 15) is 4.79 Å². The molecule has 0 unspecified atom stereocenters. The Balaban J connectivity index is 1.35. The zero-order chi connectivity index (χ0) is 21.4. The molecule has 0 bridgehead atoms. The number of carbonyl (C=O) groups excluding carboxylic acids is 1. The highest BCUT2D eigenvalue weighted by Gasteiger charge is 2.43. The average molecular weight is 415 g/mol. The Hall–Kier alpha value is -3.25. The molecule has 158 valence electrons. The van der Waals surface area contributed by atoms with Gasteiger partial charge in [-0.3, -0.25) is 4.79 Å². The van der Waals surface area contributed by atoms with Crippen molar-refractivity contribution in [3.05, 3.63) is 77.1 Å². The van der Waals surface area contributed by atoms with Crippen molar-refractivity contribution in [1.82, 2.24) is 14.9 Å². The predicted molar refractivity (Wildman–Crippen MR) is 120 cm³/mol. The van der Waals surface area contributed by atoms with Crippen molar-refractivity contribution >= 4 is 11.9 Å². The van der Waals surface area contributed by atoms with Crippen molar-refractivity contribution in [2.75, 3.05) is 25.4 Å². The van der Waals surface area contributed by atoms with Crippen molar-refractivity contribution in [2.24, 2.45) is 0 Å². The summed E-state index contributed by atoms with van der Waals surface area (Å²) >= 11 is 0. The van der Waals surface area contributed by atoms with Gasteiger partial charge in [-0.25, -0.2) is 9.97 Å². The summed E-state index contributed by atoms with van der Waals surface area (Å²) in [5.74, 6) is 0.331. The smallest absolute Gasteiger partial charge is 0.253 e. The molecule has 0 saturated carbocycles. The third kappa shape index (κ3) is 3.68.